The van der Waals surface area contributed by atoms with Gasteiger partial charge in [0.05, 0.1) is 0 Å². The summed E-state index contributed by atoms with van der Waals surface area (Å²) in [6.07, 6.45) is 2.24. The normalized spacial score (nSPS) is 9.20. The number of hydrogen-bond acceptors (Lipinski definition) is 0. The van der Waals surface area contributed by atoms with E-state index in [9.17, 15) is 0 Å². The third-order valence-corrected chi connectivity index (χ3v) is 3.30. The molecule has 1 radical (unpaired) electrons. The van der Waals surface area contributed by atoms with Gasteiger partial charge < -0.3 is 24.8 Å². The molecule has 0 aliphatic carbocycles. The van der Waals surface area contributed by atoms with Crippen LogP contribution in [0.3, 0.4) is 0 Å². The van der Waals surface area contributed by atoms with Crippen molar-refractivity contribution < 1.29 is 51.0 Å². The first-order valence-corrected chi connectivity index (χ1v) is 6.11. The van der Waals surface area contributed by atoms with Gasteiger partial charge in [-0.25, -0.2) is 0 Å². The molecule has 0 fully saturated rings. The molecule has 20 heavy (non-hydrogen) atoms. The molecule has 0 bridgehead atoms. The van der Waals surface area contributed by atoms with E-state index in [-0.39, 0.29) is 51.0 Å². The Kier molecular flexibility index (Phi) is 9.22. The molecule has 0 aliphatic rings. The Hall–Kier alpha value is -0.487. The summed E-state index contributed by atoms with van der Waals surface area (Å²) < 4.78 is 0. The summed E-state index contributed by atoms with van der Waals surface area (Å²) >= 11 is 0. The predicted molar refractivity (Wildman–Crippen MR) is 73.4 cm³/mol. The van der Waals surface area contributed by atoms with Crippen molar-refractivity contribution in [3.8, 4) is 0 Å². The third-order valence-electron chi connectivity index (χ3n) is 3.30. The zero-order valence-corrected chi connectivity index (χ0v) is 15.0. The van der Waals surface area contributed by atoms with E-state index in [1.54, 1.807) is 0 Å². The first-order valence-electron chi connectivity index (χ1n) is 6.11. The third kappa shape index (κ3) is 4.52. The van der Waals surface area contributed by atoms with Crippen molar-refractivity contribution in [1.29, 1.82) is 0 Å². The standard InChI is InChI=1S/C17H15.2ClH.Zr/c1-2-6-14(7-3-1)10-11-16-13-12-15-8-4-5-9-17(15)16;;;/h1-9,12-13H,10-11H2;2*1H;/q-1;;;+3/p-2. The monoisotopic (exact) mass is 379 g/mol. The fraction of sp³-hybridized carbons (Fsp3) is 0.118. The van der Waals surface area contributed by atoms with Crippen LogP contribution in [0.2, 0.25) is 0 Å². The fourth-order valence-electron chi connectivity index (χ4n) is 2.36. The second kappa shape index (κ2) is 9.45. The molecular weight excluding hydrogens is 366 g/mol. The van der Waals surface area contributed by atoms with Crippen molar-refractivity contribution in [1.82, 2.24) is 0 Å². The Morgan fingerprint density at radius 2 is 1.40 bits per heavy atom. The van der Waals surface area contributed by atoms with Gasteiger partial charge >= 0.3 is 26.2 Å². The molecule has 0 heterocycles. The maximum Gasteiger partial charge on any atom is 3.00 e. The molecule has 0 atom stereocenters. The van der Waals surface area contributed by atoms with Crippen LogP contribution in [0.1, 0.15) is 11.1 Å². The van der Waals surface area contributed by atoms with Crippen LogP contribution in [-0.2, 0) is 39.0 Å². The molecule has 3 heteroatoms. The van der Waals surface area contributed by atoms with Crippen LogP contribution in [-0.4, -0.2) is 0 Å². The summed E-state index contributed by atoms with van der Waals surface area (Å²) in [6, 6.07) is 23.8. The topological polar surface area (TPSA) is 0 Å². The zero-order chi connectivity index (χ0) is 11.5. The molecule has 0 N–H and O–H groups in total. The molecule has 0 spiro atoms. The molecule has 0 unspecified atom stereocenters. The zero-order valence-electron chi connectivity index (χ0n) is 11.0. The minimum absolute atomic E-state index is 0. The summed E-state index contributed by atoms with van der Waals surface area (Å²) in [7, 11) is 0. The summed E-state index contributed by atoms with van der Waals surface area (Å²) in [5, 5.41) is 2.76. The van der Waals surface area contributed by atoms with E-state index in [1.165, 1.54) is 21.9 Å². The summed E-state index contributed by atoms with van der Waals surface area (Å²) in [6.45, 7) is 0. The van der Waals surface area contributed by atoms with Crippen molar-refractivity contribution in [2.45, 2.75) is 12.8 Å². The van der Waals surface area contributed by atoms with Crippen molar-refractivity contribution >= 4 is 10.8 Å². The molecule has 101 valence electrons. The first kappa shape index (κ1) is 19.5. The summed E-state index contributed by atoms with van der Waals surface area (Å²) in [4.78, 5) is 0. The first-order chi connectivity index (χ1) is 8.43. The minimum Gasteiger partial charge on any atom is -1.00 e. The second-order valence-electron chi connectivity index (χ2n) is 4.43. The average Bonchev–Trinajstić information content (AvgIpc) is 2.81. The molecule has 0 nitrogen and oxygen atoms in total. The van der Waals surface area contributed by atoms with Gasteiger partial charge in [-0.05, 0) is 12.0 Å². The maximum atomic E-state index is 2.26. The Balaban J connectivity index is 0.00000120. The molecular formula is C17H15Cl2Zr. The average molecular weight is 381 g/mol. The molecule has 0 aliphatic heterocycles. The smallest absolute Gasteiger partial charge is 1.00 e. The van der Waals surface area contributed by atoms with E-state index in [2.05, 4.69) is 66.7 Å². The molecule has 3 rings (SSSR count). The van der Waals surface area contributed by atoms with Crippen molar-refractivity contribution in [2.75, 3.05) is 0 Å². The Morgan fingerprint density at radius 1 is 0.750 bits per heavy atom. The SMILES string of the molecule is [Cl-].[Cl-].[Zr+3].c1ccc(CCc2c[cH-]c3ccccc23)cc1. The van der Waals surface area contributed by atoms with Crippen LogP contribution in [0.5, 0.6) is 0 Å². The number of aryl methyl sites for hydroxylation is 2. The second-order valence-corrected chi connectivity index (χ2v) is 4.43. The number of benzene rings is 2. The van der Waals surface area contributed by atoms with Crippen molar-refractivity contribution in [2.24, 2.45) is 0 Å². The maximum absolute atomic E-state index is 2.26. The van der Waals surface area contributed by atoms with Gasteiger partial charge in [0.2, 0.25) is 0 Å². The van der Waals surface area contributed by atoms with E-state index in [0.29, 0.717) is 0 Å². The molecule has 0 saturated heterocycles. The van der Waals surface area contributed by atoms with Gasteiger partial charge in [0.15, 0.2) is 0 Å². The minimum atomic E-state index is 0. The number of hydrogen-bond donors (Lipinski definition) is 0. The van der Waals surface area contributed by atoms with E-state index >= 15 is 0 Å². The van der Waals surface area contributed by atoms with Crippen LogP contribution >= 0.6 is 0 Å². The van der Waals surface area contributed by atoms with Crippen LogP contribution in [0, 0.1) is 0 Å². The van der Waals surface area contributed by atoms with Gasteiger partial charge in [-0.15, -0.1) is 41.1 Å². The van der Waals surface area contributed by atoms with Gasteiger partial charge in [0.1, 0.15) is 0 Å². The van der Waals surface area contributed by atoms with Crippen LogP contribution in [0.15, 0.2) is 66.7 Å². The van der Waals surface area contributed by atoms with Crippen LogP contribution in [0.4, 0.5) is 0 Å². The van der Waals surface area contributed by atoms with E-state index in [1.807, 2.05) is 0 Å². The quantitative estimate of drug-likeness (QED) is 0.477. The van der Waals surface area contributed by atoms with Crippen LogP contribution in [0.25, 0.3) is 10.8 Å². The van der Waals surface area contributed by atoms with Crippen LogP contribution < -0.4 is 24.8 Å². The van der Waals surface area contributed by atoms with Gasteiger partial charge in [-0.1, -0.05) is 42.8 Å². The summed E-state index contributed by atoms with van der Waals surface area (Å²) in [5.41, 5.74) is 2.88. The summed E-state index contributed by atoms with van der Waals surface area (Å²) in [5.74, 6) is 0. The largest absolute Gasteiger partial charge is 3.00 e. The Bertz CT molecular complexity index is 617. The predicted octanol–water partition coefficient (Wildman–Crippen LogP) is -1.65. The molecule has 0 saturated carbocycles. The molecule has 0 amide bonds. The van der Waals surface area contributed by atoms with Gasteiger partial charge in [0.25, 0.3) is 0 Å². The van der Waals surface area contributed by atoms with E-state index in [0.717, 1.165) is 12.8 Å². The van der Waals surface area contributed by atoms with E-state index < -0.39 is 0 Å². The number of rotatable bonds is 3. The van der Waals surface area contributed by atoms with Crippen molar-refractivity contribution in [3.63, 3.8) is 0 Å². The Labute approximate surface area is 151 Å². The fourth-order valence-corrected chi connectivity index (χ4v) is 2.36. The molecule has 0 aromatic heterocycles. The number of fused-ring (bicyclic) bond motifs is 1. The molecule has 3 aromatic rings. The van der Waals surface area contributed by atoms with Gasteiger partial charge in [-0.3, -0.25) is 0 Å². The van der Waals surface area contributed by atoms with Crippen molar-refractivity contribution in [3.05, 3.63) is 77.9 Å². The molecule has 3 aromatic carbocycles. The Morgan fingerprint density at radius 3 is 2.15 bits per heavy atom. The van der Waals surface area contributed by atoms with Gasteiger partial charge in [0, 0.05) is 0 Å². The van der Waals surface area contributed by atoms with Gasteiger partial charge in [-0.2, -0.15) is 5.56 Å². The van der Waals surface area contributed by atoms with E-state index in [4.69, 9.17) is 0 Å². The number of halogens is 2.